The number of aliphatic hydroxyl groups excluding tert-OH is 1. The highest BCUT2D eigenvalue weighted by Crippen LogP contribution is 2.37. The minimum atomic E-state index is -0.137. The molecule has 0 spiro atoms. The predicted molar refractivity (Wildman–Crippen MR) is 71.9 cm³/mol. The first kappa shape index (κ1) is 12.7. The number of piperidine rings is 1. The maximum atomic E-state index is 9.78. The summed E-state index contributed by atoms with van der Waals surface area (Å²) in [5.74, 6) is 0. The van der Waals surface area contributed by atoms with Crippen molar-refractivity contribution in [3.05, 3.63) is 28.0 Å². The molecule has 0 radical (unpaired) electrons. The summed E-state index contributed by atoms with van der Waals surface area (Å²) in [6.45, 7) is 0.738. The number of hydrogen-bond donors (Lipinski definition) is 1. The first-order valence-corrected chi connectivity index (χ1v) is 7.14. The SMILES string of the molecule is OC1CC2CCC(C1)N2Cc1nc(Cl)ccc1Cl. The fourth-order valence-corrected chi connectivity index (χ4v) is 3.58. The molecule has 0 saturated carbocycles. The highest BCUT2D eigenvalue weighted by Gasteiger charge is 2.40. The fourth-order valence-electron chi connectivity index (χ4n) is 3.25. The Hall–Kier alpha value is -0.350. The minimum Gasteiger partial charge on any atom is -0.393 e. The van der Waals surface area contributed by atoms with Crippen LogP contribution in [0.2, 0.25) is 10.2 Å². The van der Waals surface area contributed by atoms with Gasteiger partial charge in [-0.1, -0.05) is 23.2 Å². The largest absolute Gasteiger partial charge is 0.393 e. The Bertz CT molecular complexity index is 441. The van der Waals surface area contributed by atoms with Crippen molar-refractivity contribution in [2.24, 2.45) is 0 Å². The molecular weight excluding hydrogens is 271 g/mol. The van der Waals surface area contributed by atoms with E-state index in [1.807, 2.05) is 0 Å². The molecule has 2 aliphatic heterocycles. The molecule has 3 nitrogen and oxygen atoms in total. The summed E-state index contributed by atoms with van der Waals surface area (Å²) in [6, 6.07) is 4.45. The monoisotopic (exact) mass is 286 g/mol. The minimum absolute atomic E-state index is 0.137. The predicted octanol–water partition coefficient (Wildman–Crippen LogP) is 2.88. The summed E-state index contributed by atoms with van der Waals surface area (Å²) in [4.78, 5) is 6.74. The van der Waals surface area contributed by atoms with Crippen molar-refractivity contribution >= 4 is 23.2 Å². The highest BCUT2D eigenvalue weighted by molar-refractivity contribution is 6.32. The molecule has 1 N–H and O–H groups in total. The van der Waals surface area contributed by atoms with E-state index in [1.54, 1.807) is 12.1 Å². The normalized spacial score (nSPS) is 31.8. The number of aliphatic hydroxyl groups is 1. The molecule has 1 aromatic heterocycles. The van der Waals surface area contributed by atoms with E-state index in [-0.39, 0.29) is 6.10 Å². The van der Waals surface area contributed by atoms with Crippen LogP contribution in [0, 0.1) is 0 Å². The van der Waals surface area contributed by atoms with Crippen molar-refractivity contribution in [1.29, 1.82) is 0 Å². The topological polar surface area (TPSA) is 36.4 Å². The Labute approximate surface area is 117 Å². The summed E-state index contributed by atoms with van der Waals surface area (Å²) in [6.07, 6.45) is 3.94. The number of aromatic nitrogens is 1. The van der Waals surface area contributed by atoms with Gasteiger partial charge in [-0.05, 0) is 37.8 Å². The first-order valence-electron chi connectivity index (χ1n) is 6.38. The molecule has 2 fully saturated rings. The van der Waals surface area contributed by atoms with Crippen molar-refractivity contribution in [1.82, 2.24) is 9.88 Å². The molecule has 0 amide bonds. The van der Waals surface area contributed by atoms with E-state index in [2.05, 4.69) is 9.88 Å². The molecular formula is C13H16Cl2N2O. The zero-order valence-corrected chi connectivity index (χ0v) is 11.5. The van der Waals surface area contributed by atoms with E-state index in [0.717, 1.165) is 25.1 Å². The van der Waals surface area contributed by atoms with Crippen LogP contribution in [0.5, 0.6) is 0 Å². The van der Waals surface area contributed by atoms with Gasteiger partial charge in [-0.15, -0.1) is 0 Å². The van der Waals surface area contributed by atoms with Crippen LogP contribution in [0.1, 0.15) is 31.4 Å². The number of pyridine rings is 1. The van der Waals surface area contributed by atoms with Crippen LogP contribution >= 0.6 is 23.2 Å². The summed E-state index contributed by atoms with van der Waals surface area (Å²) in [5, 5.41) is 10.9. The lowest BCUT2D eigenvalue weighted by Gasteiger charge is -2.37. The van der Waals surface area contributed by atoms with Gasteiger partial charge in [0.25, 0.3) is 0 Å². The van der Waals surface area contributed by atoms with E-state index >= 15 is 0 Å². The summed E-state index contributed by atoms with van der Waals surface area (Å²) < 4.78 is 0. The average Bonchev–Trinajstić information content (AvgIpc) is 2.57. The van der Waals surface area contributed by atoms with Gasteiger partial charge in [0.2, 0.25) is 0 Å². The van der Waals surface area contributed by atoms with Crippen LogP contribution in [0.25, 0.3) is 0 Å². The van der Waals surface area contributed by atoms with E-state index in [9.17, 15) is 5.11 Å². The lowest BCUT2D eigenvalue weighted by atomic mass is 10.00. The Morgan fingerprint density at radius 3 is 2.56 bits per heavy atom. The van der Waals surface area contributed by atoms with Crippen molar-refractivity contribution < 1.29 is 5.11 Å². The summed E-state index contributed by atoms with van der Waals surface area (Å²) in [5.41, 5.74) is 0.845. The highest BCUT2D eigenvalue weighted by atomic mass is 35.5. The third kappa shape index (κ3) is 2.37. The summed E-state index contributed by atoms with van der Waals surface area (Å²) >= 11 is 12.1. The van der Waals surface area contributed by atoms with Gasteiger partial charge in [0.05, 0.1) is 16.8 Å². The number of halogens is 2. The second-order valence-corrected chi connectivity index (χ2v) is 6.04. The first-order chi connectivity index (χ1) is 8.63. The molecule has 2 aliphatic rings. The third-order valence-electron chi connectivity index (χ3n) is 4.08. The molecule has 0 aromatic carbocycles. The molecule has 98 valence electrons. The van der Waals surface area contributed by atoms with Gasteiger partial charge in [-0.2, -0.15) is 0 Å². The lowest BCUT2D eigenvalue weighted by molar-refractivity contribution is 0.0304. The molecule has 5 heteroatoms. The van der Waals surface area contributed by atoms with E-state index in [4.69, 9.17) is 23.2 Å². The van der Waals surface area contributed by atoms with E-state index in [0.29, 0.717) is 22.3 Å². The van der Waals surface area contributed by atoms with Crippen LogP contribution in [-0.2, 0) is 6.54 Å². The van der Waals surface area contributed by atoms with Crippen LogP contribution < -0.4 is 0 Å². The maximum absolute atomic E-state index is 9.78. The zero-order valence-electron chi connectivity index (χ0n) is 10.0. The molecule has 3 rings (SSSR count). The number of rotatable bonds is 2. The van der Waals surface area contributed by atoms with Crippen LogP contribution in [0.3, 0.4) is 0 Å². The Balaban J connectivity index is 1.79. The molecule has 2 unspecified atom stereocenters. The van der Waals surface area contributed by atoms with Gasteiger partial charge < -0.3 is 5.11 Å². The molecule has 2 atom stereocenters. The molecule has 18 heavy (non-hydrogen) atoms. The molecule has 3 heterocycles. The van der Waals surface area contributed by atoms with Crippen LogP contribution in [-0.4, -0.2) is 33.2 Å². The standard InChI is InChI=1S/C13H16Cl2N2O/c14-11-3-4-13(15)16-12(11)7-17-8-1-2-9(17)6-10(18)5-8/h3-4,8-10,18H,1-2,5-7H2. The van der Waals surface area contributed by atoms with Crippen LogP contribution in [0.15, 0.2) is 12.1 Å². The van der Waals surface area contributed by atoms with Crippen molar-refractivity contribution in [2.45, 2.75) is 50.4 Å². The molecule has 1 aromatic rings. The average molecular weight is 287 g/mol. The van der Waals surface area contributed by atoms with Crippen molar-refractivity contribution in [2.75, 3.05) is 0 Å². The third-order valence-corrected chi connectivity index (χ3v) is 4.63. The smallest absolute Gasteiger partial charge is 0.129 e. The quantitative estimate of drug-likeness (QED) is 0.850. The van der Waals surface area contributed by atoms with Gasteiger partial charge >= 0.3 is 0 Å². The van der Waals surface area contributed by atoms with Crippen LogP contribution in [0.4, 0.5) is 0 Å². The van der Waals surface area contributed by atoms with Gasteiger partial charge in [0.15, 0.2) is 0 Å². The fraction of sp³-hybridized carbons (Fsp3) is 0.615. The zero-order chi connectivity index (χ0) is 12.7. The van der Waals surface area contributed by atoms with Gasteiger partial charge in [-0.3, -0.25) is 4.90 Å². The van der Waals surface area contributed by atoms with Gasteiger partial charge in [0, 0.05) is 18.6 Å². The number of hydrogen-bond acceptors (Lipinski definition) is 3. The Morgan fingerprint density at radius 2 is 1.89 bits per heavy atom. The Kier molecular flexibility index (Phi) is 3.50. The van der Waals surface area contributed by atoms with Crippen molar-refractivity contribution in [3.63, 3.8) is 0 Å². The Morgan fingerprint density at radius 1 is 1.22 bits per heavy atom. The second kappa shape index (κ2) is 4.97. The van der Waals surface area contributed by atoms with E-state index in [1.165, 1.54) is 12.8 Å². The molecule has 0 aliphatic carbocycles. The number of fused-ring (bicyclic) bond motifs is 2. The van der Waals surface area contributed by atoms with E-state index < -0.39 is 0 Å². The van der Waals surface area contributed by atoms with Gasteiger partial charge in [-0.25, -0.2) is 4.98 Å². The van der Waals surface area contributed by atoms with Gasteiger partial charge in [0.1, 0.15) is 5.15 Å². The maximum Gasteiger partial charge on any atom is 0.129 e. The van der Waals surface area contributed by atoms with Crippen molar-refractivity contribution in [3.8, 4) is 0 Å². The number of nitrogens with zero attached hydrogens (tertiary/aromatic N) is 2. The molecule has 2 bridgehead atoms. The molecule has 2 saturated heterocycles. The summed E-state index contributed by atoms with van der Waals surface area (Å²) in [7, 11) is 0. The lowest BCUT2D eigenvalue weighted by Crippen LogP contribution is -2.44. The second-order valence-electron chi connectivity index (χ2n) is 5.25.